The predicted octanol–water partition coefficient (Wildman–Crippen LogP) is 3.87. The quantitative estimate of drug-likeness (QED) is 0.663. The molecule has 0 atom stereocenters. The molecule has 0 saturated heterocycles. The molecule has 0 saturated carbocycles. The highest BCUT2D eigenvalue weighted by Crippen LogP contribution is 2.24. The van der Waals surface area contributed by atoms with E-state index >= 15 is 0 Å². The Morgan fingerprint density at radius 3 is 2.60 bits per heavy atom. The van der Waals surface area contributed by atoms with E-state index in [0.29, 0.717) is 5.56 Å². The Morgan fingerprint density at radius 1 is 1.15 bits per heavy atom. The molecular weight excluding hydrogens is 252 g/mol. The van der Waals surface area contributed by atoms with Crippen molar-refractivity contribution in [3.05, 3.63) is 69.3 Å². The number of anilines is 1. The van der Waals surface area contributed by atoms with E-state index in [2.05, 4.69) is 30.4 Å². The molecule has 104 valence electrons. The van der Waals surface area contributed by atoms with Gasteiger partial charge in [0.2, 0.25) is 0 Å². The lowest BCUT2D eigenvalue weighted by atomic mass is 10.1. The fourth-order valence-electron chi connectivity index (χ4n) is 2.22. The molecule has 0 unspecified atom stereocenters. The number of rotatable bonds is 5. The van der Waals surface area contributed by atoms with Gasteiger partial charge < -0.3 is 5.32 Å². The molecule has 2 rings (SSSR count). The smallest absolute Gasteiger partial charge is 0.274 e. The molecule has 0 amide bonds. The topological polar surface area (TPSA) is 55.2 Å². The number of benzene rings is 2. The van der Waals surface area contributed by atoms with Crippen molar-refractivity contribution in [1.29, 1.82) is 0 Å². The predicted molar refractivity (Wildman–Crippen MR) is 81.2 cm³/mol. The van der Waals surface area contributed by atoms with Gasteiger partial charge in [0, 0.05) is 23.9 Å². The van der Waals surface area contributed by atoms with Crippen LogP contribution in [0.15, 0.2) is 42.5 Å². The average molecular weight is 270 g/mol. The molecule has 0 aromatic heterocycles. The van der Waals surface area contributed by atoms with Crippen molar-refractivity contribution < 1.29 is 4.92 Å². The molecule has 4 heteroatoms. The molecule has 0 aliphatic rings. The van der Waals surface area contributed by atoms with E-state index in [1.807, 2.05) is 12.1 Å². The van der Waals surface area contributed by atoms with Crippen LogP contribution >= 0.6 is 0 Å². The van der Waals surface area contributed by atoms with Crippen LogP contribution in [0.2, 0.25) is 0 Å². The van der Waals surface area contributed by atoms with Gasteiger partial charge in [0.25, 0.3) is 5.69 Å². The summed E-state index contributed by atoms with van der Waals surface area (Å²) in [6.07, 6.45) is 0.893. The van der Waals surface area contributed by atoms with Crippen LogP contribution in [0.3, 0.4) is 0 Å². The minimum absolute atomic E-state index is 0.158. The van der Waals surface area contributed by atoms with E-state index in [1.165, 1.54) is 17.2 Å². The molecule has 0 spiro atoms. The highest BCUT2D eigenvalue weighted by atomic mass is 16.6. The van der Waals surface area contributed by atoms with Crippen molar-refractivity contribution >= 4 is 11.4 Å². The van der Waals surface area contributed by atoms with Gasteiger partial charge in [0.1, 0.15) is 0 Å². The third kappa shape index (κ3) is 3.35. The maximum Gasteiger partial charge on any atom is 0.274 e. The van der Waals surface area contributed by atoms with Crippen molar-refractivity contribution in [2.45, 2.75) is 20.3 Å². The van der Waals surface area contributed by atoms with Crippen molar-refractivity contribution in [3.63, 3.8) is 0 Å². The van der Waals surface area contributed by atoms with Crippen molar-refractivity contribution in [3.8, 4) is 0 Å². The van der Waals surface area contributed by atoms with Crippen LogP contribution in [0, 0.1) is 24.0 Å². The molecule has 20 heavy (non-hydrogen) atoms. The van der Waals surface area contributed by atoms with Gasteiger partial charge in [0.05, 0.1) is 4.92 Å². The highest BCUT2D eigenvalue weighted by molar-refractivity contribution is 5.59. The molecule has 2 aromatic rings. The second-order valence-electron chi connectivity index (χ2n) is 4.87. The van der Waals surface area contributed by atoms with Crippen LogP contribution in [0.25, 0.3) is 0 Å². The zero-order valence-electron chi connectivity index (χ0n) is 11.7. The Morgan fingerprint density at radius 2 is 1.90 bits per heavy atom. The van der Waals surface area contributed by atoms with Crippen molar-refractivity contribution in [2.24, 2.45) is 0 Å². The first-order valence-corrected chi connectivity index (χ1v) is 6.61. The summed E-state index contributed by atoms with van der Waals surface area (Å²) < 4.78 is 0. The molecular formula is C16H18N2O2. The van der Waals surface area contributed by atoms with Gasteiger partial charge in [-0.3, -0.25) is 10.1 Å². The summed E-state index contributed by atoms with van der Waals surface area (Å²) in [5.74, 6) is 0. The Bertz CT molecular complexity index is 624. The van der Waals surface area contributed by atoms with Crippen LogP contribution < -0.4 is 5.32 Å². The number of nitro groups is 1. The van der Waals surface area contributed by atoms with Crippen LogP contribution in [-0.4, -0.2) is 11.5 Å². The van der Waals surface area contributed by atoms with Gasteiger partial charge in [-0.15, -0.1) is 0 Å². The number of hydrogen-bond donors (Lipinski definition) is 1. The molecule has 0 aliphatic heterocycles. The number of nitrogens with one attached hydrogen (secondary N) is 1. The number of hydrogen-bond acceptors (Lipinski definition) is 3. The lowest BCUT2D eigenvalue weighted by Gasteiger charge is -2.10. The summed E-state index contributed by atoms with van der Waals surface area (Å²) in [4.78, 5) is 10.5. The molecule has 1 N–H and O–H groups in total. The highest BCUT2D eigenvalue weighted by Gasteiger charge is 2.12. The number of nitro benzene ring substituents is 1. The first kappa shape index (κ1) is 14.1. The van der Waals surface area contributed by atoms with E-state index in [0.717, 1.165) is 18.7 Å². The van der Waals surface area contributed by atoms with Gasteiger partial charge >= 0.3 is 0 Å². The molecule has 4 nitrogen and oxygen atoms in total. The van der Waals surface area contributed by atoms with Gasteiger partial charge in [-0.1, -0.05) is 35.9 Å². The fourth-order valence-corrected chi connectivity index (χ4v) is 2.22. The Labute approximate surface area is 118 Å². The lowest BCUT2D eigenvalue weighted by molar-refractivity contribution is -0.385. The summed E-state index contributed by atoms with van der Waals surface area (Å²) >= 11 is 0. The van der Waals surface area contributed by atoms with Crippen LogP contribution in [0.5, 0.6) is 0 Å². The zero-order chi connectivity index (χ0) is 14.5. The Balaban J connectivity index is 2.01. The van der Waals surface area contributed by atoms with Gasteiger partial charge in [-0.25, -0.2) is 0 Å². The minimum Gasteiger partial charge on any atom is -0.384 e. The third-order valence-corrected chi connectivity index (χ3v) is 3.31. The van der Waals surface area contributed by atoms with Crippen LogP contribution in [0.4, 0.5) is 11.4 Å². The van der Waals surface area contributed by atoms with Gasteiger partial charge in [-0.2, -0.15) is 0 Å². The van der Waals surface area contributed by atoms with Crippen molar-refractivity contribution in [2.75, 3.05) is 11.9 Å². The minimum atomic E-state index is -0.346. The average Bonchev–Trinajstić information content (AvgIpc) is 2.40. The van der Waals surface area contributed by atoms with Crippen molar-refractivity contribution in [1.82, 2.24) is 0 Å². The fraction of sp³-hybridized carbons (Fsp3) is 0.250. The van der Waals surface area contributed by atoms with E-state index in [1.54, 1.807) is 13.0 Å². The maximum absolute atomic E-state index is 10.9. The molecule has 0 aliphatic carbocycles. The second-order valence-corrected chi connectivity index (χ2v) is 4.87. The van der Waals surface area contributed by atoms with E-state index in [4.69, 9.17) is 0 Å². The third-order valence-electron chi connectivity index (χ3n) is 3.31. The maximum atomic E-state index is 10.9. The largest absolute Gasteiger partial charge is 0.384 e. The second kappa shape index (κ2) is 6.19. The van der Waals surface area contributed by atoms with Crippen LogP contribution in [-0.2, 0) is 6.42 Å². The SMILES string of the molecule is Cc1cccc(CCNc2cccc([N+](=O)[O-])c2C)c1. The molecule has 0 radical (unpaired) electrons. The van der Waals surface area contributed by atoms with Gasteiger partial charge in [-0.05, 0) is 31.9 Å². The zero-order valence-corrected chi connectivity index (χ0v) is 11.7. The summed E-state index contributed by atoms with van der Waals surface area (Å²) in [6, 6.07) is 13.5. The summed E-state index contributed by atoms with van der Waals surface area (Å²) in [7, 11) is 0. The normalized spacial score (nSPS) is 10.3. The van der Waals surface area contributed by atoms with Crippen LogP contribution in [0.1, 0.15) is 16.7 Å². The molecule has 0 heterocycles. The van der Waals surface area contributed by atoms with E-state index < -0.39 is 0 Å². The molecule has 0 fully saturated rings. The lowest BCUT2D eigenvalue weighted by Crippen LogP contribution is -2.07. The first-order valence-electron chi connectivity index (χ1n) is 6.61. The molecule has 0 bridgehead atoms. The number of nitrogens with zero attached hydrogens (tertiary/aromatic N) is 1. The summed E-state index contributed by atoms with van der Waals surface area (Å²) in [6.45, 7) is 4.60. The summed E-state index contributed by atoms with van der Waals surface area (Å²) in [5, 5.41) is 14.2. The standard InChI is InChI=1S/C16H18N2O2/c1-12-5-3-6-14(11-12)9-10-17-15-7-4-8-16(13(15)2)18(19)20/h3-8,11,17H,9-10H2,1-2H3. The van der Waals surface area contributed by atoms with E-state index in [9.17, 15) is 10.1 Å². The first-order chi connectivity index (χ1) is 9.58. The Hall–Kier alpha value is -2.36. The number of aryl methyl sites for hydroxylation is 1. The molecule has 2 aromatic carbocycles. The Kier molecular flexibility index (Phi) is 4.35. The monoisotopic (exact) mass is 270 g/mol. The summed E-state index contributed by atoms with van der Waals surface area (Å²) in [5.41, 5.74) is 4.17. The van der Waals surface area contributed by atoms with Gasteiger partial charge in [0.15, 0.2) is 0 Å². The van der Waals surface area contributed by atoms with E-state index in [-0.39, 0.29) is 10.6 Å².